The van der Waals surface area contributed by atoms with Crippen molar-refractivity contribution in [1.29, 1.82) is 0 Å². The van der Waals surface area contributed by atoms with Crippen LogP contribution in [0, 0.1) is 18.3 Å². The first-order valence-corrected chi connectivity index (χ1v) is 5.06. The van der Waals surface area contributed by atoms with E-state index in [1.54, 1.807) is 0 Å². The van der Waals surface area contributed by atoms with E-state index < -0.39 is 7.12 Å². The fourth-order valence-electron chi connectivity index (χ4n) is 1.62. The summed E-state index contributed by atoms with van der Waals surface area (Å²) in [5, 5.41) is 17.8. The molecule has 1 amide bonds. The number of amides is 1. The Morgan fingerprint density at radius 3 is 2.59 bits per heavy atom. The van der Waals surface area contributed by atoms with Crippen molar-refractivity contribution < 1.29 is 14.8 Å². The number of aromatic nitrogens is 2. The van der Waals surface area contributed by atoms with Gasteiger partial charge in [-0.15, -0.1) is 12.3 Å². The monoisotopic (exact) mass is 231 g/mol. The van der Waals surface area contributed by atoms with Gasteiger partial charge >= 0.3 is 7.12 Å². The molecule has 1 atom stereocenters. The van der Waals surface area contributed by atoms with Crippen molar-refractivity contribution in [1.82, 2.24) is 9.97 Å². The third-order valence-electron chi connectivity index (χ3n) is 2.56. The molecule has 0 aromatic carbocycles. The topological polar surface area (TPSA) is 86.6 Å². The van der Waals surface area contributed by atoms with Crippen molar-refractivity contribution >= 4 is 24.4 Å². The molecule has 1 aliphatic heterocycles. The molecule has 1 saturated heterocycles. The molecule has 1 fully saturated rings. The molecule has 1 unspecified atom stereocenters. The summed E-state index contributed by atoms with van der Waals surface area (Å²) in [6, 6.07) is 0. The van der Waals surface area contributed by atoms with Crippen molar-refractivity contribution in [3.05, 3.63) is 12.4 Å². The van der Waals surface area contributed by atoms with Crippen molar-refractivity contribution in [3.63, 3.8) is 0 Å². The fraction of sp³-hybridized carbons (Fsp3) is 0.300. The molecule has 7 heteroatoms. The van der Waals surface area contributed by atoms with Gasteiger partial charge in [0.05, 0.1) is 0 Å². The molecule has 2 N–H and O–H groups in total. The van der Waals surface area contributed by atoms with Gasteiger partial charge in [0.25, 0.3) is 0 Å². The Labute approximate surface area is 98.5 Å². The summed E-state index contributed by atoms with van der Waals surface area (Å²) in [7, 11) is -1.61. The van der Waals surface area contributed by atoms with Gasteiger partial charge < -0.3 is 10.0 Å². The lowest BCUT2D eigenvalue weighted by atomic mass is 9.83. The first kappa shape index (κ1) is 11.6. The number of nitrogens with zero attached hydrogens (tertiary/aromatic N) is 3. The van der Waals surface area contributed by atoms with Gasteiger partial charge in [-0.3, -0.25) is 9.69 Å². The minimum Gasteiger partial charge on any atom is -0.423 e. The highest BCUT2D eigenvalue weighted by Gasteiger charge is 2.31. The Balaban J connectivity index is 2.18. The minimum atomic E-state index is -1.61. The van der Waals surface area contributed by atoms with Crippen LogP contribution in [-0.2, 0) is 4.79 Å². The molecule has 6 nitrogen and oxygen atoms in total. The van der Waals surface area contributed by atoms with E-state index in [0.29, 0.717) is 13.0 Å². The maximum absolute atomic E-state index is 11.6. The smallest absolute Gasteiger partial charge is 0.423 e. The van der Waals surface area contributed by atoms with E-state index in [1.165, 1.54) is 17.3 Å². The predicted octanol–water partition coefficient (Wildman–Crippen LogP) is -1.86. The number of rotatable bonds is 2. The molecule has 0 bridgehead atoms. The number of anilines is 1. The Morgan fingerprint density at radius 1 is 1.47 bits per heavy atom. The summed E-state index contributed by atoms with van der Waals surface area (Å²) in [6.07, 6.45) is 8.09. The fourth-order valence-corrected chi connectivity index (χ4v) is 1.62. The molecule has 86 valence electrons. The van der Waals surface area contributed by atoms with Crippen LogP contribution >= 0.6 is 0 Å². The maximum atomic E-state index is 11.6. The lowest BCUT2D eigenvalue weighted by molar-refractivity contribution is -0.117. The average molecular weight is 231 g/mol. The Kier molecular flexibility index (Phi) is 3.09. The van der Waals surface area contributed by atoms with E-state index >= 15 is 0 Å². The van der Waals surface area contributed by atoms with Crippen LogP contribution in [0.4, 0.5) is 5.95 Å². The van der Waals surface area contributed by atoms with Crippen molar-refractivity contribution in [2.75, 3.05) is 11.4 Å². The van der Waals surface area contributed by atoms with Gasteiger partial charge in [0.2, 0.25) is 11.9 Å². The van der Waals surface area contributed by atoms with Crippen molar-refractivity contribution in [3.8, 4) is 12.3 Å². The molecule has 1 aromatic heterocycles. The number of terminal acetylenes is 1. The maximum Gasteiger partial charge on any atom is 0.491 e. The summed E-state index contributed by atoms with van der Waals surface area (Å²) in [5.74, 6) is 2.52. The molecule has 2 heterocycles. The summed E-state index contributed by atoms with van der Waals surface area (Å²) in [5.41, 5.74) is 0.175. The molecule has 17 heavy (non-hydrogen) atoms. The van der Waals surface area contributed by atoms with Crippen molar-refractivity contribution in [2.45, 2.75) is 6.42 Å². The number of carbonyl (C=O) groups is 1. The highest BCUT2D eigenvalue weighted by Crippen LogP contribution is 2.20. The van der Waals surface area contributed by atoms with Crippen LogP contribution in [0.15, 0.2) is 12.4 Å². The van der Waals surface area contributed by atoms with Crippen LogP contribution in [0.5, 0.6) is 0 Å². The molecule has 0 radical (unpaired) electrons. The van der Waals surface area contributed by atoms with E-state index in [4.69, 9.17) is 16.5 Å². The lowest BCUT2D eigenvalue weighted by Gasteiger charge is -2.13. The van der Waals surface area contributed by atoms with Crippen LogP contribution in [0.2, 0.25) is 0 Å². The third-order valence-corrected chi connectivity index (χ3v) is 2.56. The zero-order chi connectivity index (χ0) is 12.4. The third kappa shape index (κ3) is 2.28. The SMILES string of the molecule is C#CC1CC(=O)N(c2ncc(B(O)O)cn2)C1. The molecule has 0 spiro atoms. The zero-order valence-electron chi connectivity index (χ0n) is 8.95. The summed E-state index contributed by atoms with van der Waals surface area (Å²) in [4.78, 5) is 20.8. The normalized spacial score (nSPS) is 19.2. The second-order valence-corrected chi connectivity index (χ2v) is 3.76. The predicted molar refractivity (Wildman–Crippen MR) is 61.2 cm³/mol. The van der Waals surface area contributed by atoms with E-state index in [0.717, 1.165) is 0 Å². The van der Waals surface area contributed by atoms with Crippen LogP contribution in [0.1, 0.15) is 6.42 Å². The molecular weight excluding hydrogens is 221 g/mol. The number of hydrogen-bond acceptors (Lipinski definition) is 5. The van der Waals surface area contributed by atoms with E-state index in [1.807, 2.05) is 0 Å². The quantitative estimate of drug-likeness (QED) is 0.460. The van der Waals surface area contributed by atoms with Crippen LogP contribution in [-0.4, -0.2) is 39.6 Å². The Morgan fingerprint density at radius 2 is 2.12 bits per heavy atom. The first-order valence-electron chi connectivity index (χ1n) is 5.06. The standard InChI is InChI=1S/C10H10BN3O3/c1-2-7-3-9(15)14(6-7)10-12-4-8(5-13-10)11(16)17/h1,4-5,7,16-17H,3,6H2. The second-order valence-electron chi connectivity index (χ2n) is 3.76. The highest BCUT2D eigenvalue weighted by molar-refractivity contribution is 6.58. The van der Waals surface area contributed by atoms with Gasteiger partial charge in [0.1, 0.15) is 0 Å². The van der Waals surface area contributed by atoms with Gasteiger partial charge in [-0.1, -0.05) is 0 Å². The number of hydrogen-bond donors (Lipinski definition) is 2. The molecule has 0 aliphatic carbocycles. The van der Waals surface area contributed by atoms with E-state index in [-0.39, 0.29) is 23.2 Å². The summed E-state index contributed by atoms with van der Waals surface area (Å²) in [6.45, 7) is 0.399. The molecular formula is C10H10BN3O3. The summed E-state index contributed by atoms with van der Waals surface area (Å²) < 4.78 is 0. The van der Waals surface area contributed by atoms with Gasteiger partial charge in [-0.2, -0.15) is 0 Å². The zero-order valence-corrected chi connectivity index (χ0v) is 8.95. The van der Waals surface area contributed by atoms with E-state index in [9.17, 15) is 4.79 Å². The molecule has 1 aromatic rings. The van der Waals surface area contributed by atoms with Crippen LogP contribution in [0.25, 0.3) is 0 Å². The average Bonchev–Trinajstić information content (AvgIpc) is 2.71. The summed E-state index contributed by atoms with van der Waals surface area (Å²) >= 11 is 0. The number of carbonyl (C=O) groups excluding carboxylic acids is 1. The van der Waals surface area contributed by atoms with Gasteiger partial charge in [0.15, 0.2) is 0 Å². The van der Waals surface area contributed by atoms with Gasteiger partial charge in [-0.25, -0.2) is 9.97 Å². The first-order chi connectivity index (χ1) is 8.11. The van der Waals surface area contributed by atoms with Gasteiger partial charge in [0, 0.05) is 36.7 Å². The van der Waals surface area contributed by atoms with Gasteiger partial charge in [-0.05, 0) is 0 Å². The largest absolute Gasteiger partial charge is 0.491 e. The molecule has 1 aliphatic rings. The van der Waals surface area contributed by atoms with E-state index in [2.05, 4.69) is 15.9 Å². The Hall–Kier alpha value is -1.91. The highest BCUT2D eigenvalue weighted by atomic mass is 16.4. The molecule has 2 rings (SSSR count). The minimum absolute atomic E-state index is 0.116. The van der Waals surface area contributed by atoms with Crippen LogP contribution < -0.4 is 10.4 Å². The van der Waals surface area contributed by atoms with Crippen LogP contribution in [0.3, 0.4) is 0 Å². The second kappa shape index (κ2) is 4.53. The molecule has 0 saturated carbocycles. The van der Waals surface area contributed by atoms with Crippen molar-refractivity contribution in [2.24, 2.45) is 5.92 Å². The Bertz CT molecular complexity index is 469. The lowest BCUT2D eigenvalue weighted by Crippen LogP contribution is -2.33.